The summed E-state index contributed by atoms with van der Waals surface area (Å²) in [6.45, 7) is 0. The van der Waals surface area contributed by atoms with Gasteiger partial charge in [0.2, 0.25) is 5.90 Å². The van der Waals surface area contributed by atoms with Crippen LogP contribution in [0.3, 0.4) is 0 Å². The molecule has 0 radical (unpaired) electrons. The summed E-state index contributed by atoms with van der Waals surface area (Å²) in [5, 5.41) is 7.78. The fourth-order valence-corrected chi connectivity index (χ4v) is 1.99. The van der Waals surface area contributed by atoms with Crippen LogP contribution in [0.25, 0.3) is 11.1 Å². The molecule has 0 aromatic heterocycles. The van der Waals surface area contributed by atoms with Gasteiger partial charge in [0, 0.05) is 5.56 Å². The van der Waals surface area contributed by atoms with Crippen LogP contribution in [0.5, 0.6) is 0 Å². The lowest BCUT2D eigenvalue weighted by Crippen LogP contribution is -2.05. The van der Waals surface area contributed by atoms with Crippen molar-refractivity contribution in [3.8, 4) is 11.1 Å². The Morgan fingerprint density at radius 2 is 1.86 bits per heavy atom. The standard InChI is InChI=1S/C16H14FNO3/c1-20-15(18)13-7-6-12(17)9-14(13)10-4-3-5-11(8-10)16(19)21-2/h3-9,18H,1-2H3. The molecule has 1 N–H and O–H groups in total. The Labute approximate surface area is 121 Å². The number of benzene rings is 2. The maximum Gasteiger partial charge on any atom is 0.337 e. The molecular formula is C16H14FNO3. The van der Waals surface area contributed by atoms with E-state index in [-0.39, 0.29) is 5.90 Å². The van der Waals surface area contributed by atoms with Gasteiger partial charge in [0.25, 0.3) is 0 Å². The number of rotatable bonds is 3. The Bertz CT molecular complexity index is 698. The van der Waals surface area contributed by atoms with Crippen LogP contribution >= 0.6 is 0 Å². The van der Waals surface area contributed by atoms with E-state index in [1.54, 1.807) is 24.3 Å². The van der Waals surface area contributed by atoms with Crippen LogP contribution < -0.4 is 0 Å². The summed E-state index contributed by atoms with van der Waals surface area (Å²) in [6, 6.07) is 10.6. The van der Waals surface area contributed by atoms with E-state index in [9.17, 15) is 9.18 Å². The Balaban J connectivity index is 2.58. The van der Waals surface area contributed by atoms with Gasteiger partial charge in [-0.3, -0.25) is 5.41 Å². The average Bonchev–Trinajstić information content (AvgIpc) is 2.53. The molecule has 0 fully saturated rings. The normalized spacial score (nSPS) is 10.0. The number of hydrogen-bond acceptors (Lipinski definition) is 4. The van der Waals surface area contributed by atoms with E-state index in [4.69, 9.17) is 10.1 Å². The second kappa shape index (κ2) is 6.17. The first kappa shape index (κ1) is 14.7. The SMILES string of the molecule is COC(=N)c1ccc(F)cc1-c1cccc(C(=O)OC)c1. The topological polar surface area (TPSA) is 59.4 Å². The van der Waals surface area contributed by atoms with Crippen molar-refractivity contribution < 1.29 is 18.7 Å². The van der Waals surface area contributed by atoms with Crippen LogP contribution in [-0.4, -0.2) is 26.1 Å². The largest absolute Gasteiger partial charge is 0.481 e. The third kappa shape index (κ3) is 3.08. The minimum absolute atomic E-state index is 0.0755. The molecule has 0 unspecified atom stereocenters. The fraction of sp³-hybridized carbons (Fsp3) is 0.125. The molecule has 4 nitrogen and oxygen atoms in total. The molecule has 0 aliphatic heterocycles. The lowest BCUT2D eigenvalue weighted by atomic mass is 9.97. The highest BCUT2D eigenvalue weighted by Gasteiger charge is 2.13. The van der Waals surface area contributed by atoms with Crippen LogP contribution in [0.2, 0.25) is 0 Å². The second-order valence-corrected chi connectivity index (χ2v) is 4.30. The van der Waals surface area contributed by atoms with Crippen molar-refractivity contribution in [3.05, 3.63) is 59.4 Å². The third-order valence-corrected chi connectivity index (χ3v) is 3.03. The summed E-state index contributed by atoms with van der Waals surface area (Å²) in [5.74, 6) is -0.980. The van der Waals surface area contributed by atoms with Gasteiger partial charge in [-0.05, 0) is 41.5 Å². The monoisotopic (exact) mass is 287 g/mol. The minimum atomic E-state index is -0.475. The van der Waals surface area contributed by atoms with E-state index in [2.05, 4.69) is 4.74 Å². The van der Waals surface area contributed by atoms with Gasteiger partial charge in [-0.15, -0.1) is 0 Å². The molecule has 0 aliphatic carbocycles. The summed E-state index contributed by atoms with van der Waals surface area (Å²) in [5.41, 5.74) is 1.89. The second-order valence-electron chi connectivity index (χ2n) is 4.30. The number of carbonyl (C=O) groups excluding carboxylic acids is 1. The van der Waals surface area contributed by atoms with Crippen molar-refractivity contribution in [1.82, 2.24) is 0 Å². The van der Waals surface area contributed by atoms with Crippen LogP contribution in [0.1, 0.15) is 15.9 Å². The minimum Gasteiger partial charge on any atom is -0.481 e. The van der Waals surface area contributed by atoms with Crippen LogP contribution in [-0.2, 0) is 9.47 Å². The number of ether oxygens (including phenoxy) is 2. The summed E-state index contributed by atoms with van der Waals surface area (Å²) in [4.78, 5) is 11.6. The van der Waals surface area contributed by atoms with E-state index < -0.39 is 11.8 Å². The summed E-state index contributed by atoms with van der Waals surface area (Å²) < 4.78 is 23.1. The lowest BCUT2D eigenvalue weighted by Gasteiger charge is -2.11. The molecule has 2 rings (SSSR count). The zero-order valence-corrected chi connectivity index (χ0v) is 11.6. The molecule has 0 saturated heterocycles. The number of carbonyl (C=O) groups is 1. The van der Waals surface area contributed by atoms with Crippen molar-refractivity contribution >= 4 is 11.9 Å². The van der Waals surface area contributed by atoms with Gasteiger partial charge < -0.3 is 9.47 Å². The first-order valence-electron chi connectivity index (χ1n) is 6.18. The quantitative estimate of drug-likeness (QED) is 0.535. The molecule has 0 aliphatic rings. The first-order chi connectivity index (χ1) is 10.1. The van der Waals surface area contributed by atoms with Gasteiger partial charge in [-0.25, -0.2) is 9.18 Å². The van der Waals surface area contributed by atoms with Gasteiger partial charge in [-0.2, -0.15) is 0 Å². The molecule has 0 heterocycles. The molecule has 0 saturated carbocycles. The zero-order chi connectivity index (χ0) is 15.4. The lowest BCUT2D eigenvalue weighted by molar-refractivity contribution is 0.0601. The summed E-state index contributed by atoms with van der Waals surface area (Å²) in [7, 11) is 2.67. The highest BCUT2D eigenvalue weighted by Crippen LogP contribution is 2.26. The maximum absolute atomic E-state index is 13.5. The number of esters is 1. The molecule has 0 spiro atoms. The third-order valence-electron chi connectivity index (χ3n) is 3.03. The van der Waals surface area contributed by atoms with Crippen molar-refractivity contribution in [2.45, 2.75) is 0 Å². The zero-order valence-electron chi connectivity index (χ0n) is 11.6. The Kier molecular flexibility index (Phi) is 4.33. The number of halogens is 1. The molecular weight excluding hydrogens is 273 g/mol. The summed E-state index contributed by atoms with van der Waals surface area (Å²) in [6.07, 6.45) is 0. The fourth-order valence-electron chi connectivity index (χ4n) is 1.99. The molecule has 0 atom stereocenters. The van der Waals surface area contributed by atoms with Crippen molar-refractivity contribution in [1.29, 1.82) is 5.41 Å². The van der Waals surface area contributed by atoms with Crippen molar-refractivity contribution in [3.63, 3.8) is 0 Å². The van der Waals surface area contributed by atoms with Crippen LogP contribution in [0.15, 0.2) is 42.5 Å². The molecule has 108 valence electrons. The van der Waals surface area contributed by atoms with E-state index in [0.717, 1.165) is 0 Å². The average molecular weight is 287 g/mol. The first-order valence-corrected chi connectivity index (χ1v) is 6.18. The van der Waals surface area contributed by atoms with E-state index in [1.807, 2.05) is 0 Å². The Morgan fingerprint density at radius 1 is 1.10 bits per heavy atom. The van der Waals surface area contributed by atoms with Gasteiger partial charge in [-0.1, -0.05) is 12.1 Å². The Hall–Kier alpha value is -2.69. The smallest absolute Gasteiger partial charge is 0.337 e. The van der Waals surface area contributed by atoms with Gasteiger partial charge in [0.1, 0.15) is 5.82 Å². The molecule has 21 heavy (non-hydrogen) atoms. The molecule has 0 bridgehead atoms. The van der Waals surface area contributed by atoms with Gasteiger partial charge in [0.15, 0.2) is 0 Å². The predicted octanol–water partition coefficient (Wildman–Crippen LogP) is 3.25. The van der Waals surface area contributed by atoms with Crippen LogP contribution in [0, 0.1) is 11.2 Å². The van der Waals surface area contributed by atoms with Crippen molar-refractivity contribution in [2.24, 2.45) is 0 Å². The van der Waals surface area contributed by atoms with E-state index in [0.29, 0.717) is 22.3 Å². The van der Waals surface area contributed by atoms with Crippen molar-refractivity contribution in [2.75, 3.05) is 14.2 Å². The van der Waals surface area contributed by atoms with Gasteiger partial charge in [0.05, 0.1) is 19.8 Å². The molecule has 2 aromatic rings. The van der Waals surface area contributed by atoms with Gasteiger partial charge >= 0.3 is 5.97 Å². The van der Waals surface area contributed by atoms with E-state index in [1.165, 1.54) is 32.4 Å². The summed E-state index contributed by atoms with van der Waals surface area (Å²) >= 11 is 0. The highest BCUT2D eigenvalue weighted by atomic mass is 19.1. The number of hydrogen-bond donors (Lipinski definition) is 1. The predicted molar refractivity (Wildman–Crippen MR) is 77.0 cm³/mol. The maximum atomic E-state index is 13.5. The molecule has 5 heteroatoms. The highest BCUT2D eigenvalue weighted by molar-refractivity contribution is 5.99. The number of methoxy groups -OCH3 is 2. The van der Waals surface area contributed by atoms with E-state index >= 15 is 0 Å². The Morgan fingerprint density at radius 3 is 2.52 bits per heavy atom. The molecule has 2 aromatic carbocycles. The number of nitrogens with one attached hydrogen (secondary N) is 1. The van der Waals surface area contributed by atoms with Crippen LogP contribution in [0.4, 0.5) is 4.39 Å². The molecule has 0 amide bonds.